The van der Waals surface area contributed by atoms with Crippen LogP contribution in [0.25, 0.3) is 0 Å². The van der Waals surface area contributed by atoms with Crippen LogP contribution >= 0.6 is 0 Å². The predicted molar refractivity (Wildman–Crippen MR) is 57.4 cm³/mol. The molecule has 0 aliphatic carbocycles. The molecule has 0 aromatic heterocycles. The van der Waals surface area contributed by atoms with Crippen molar-refractivity contribution in [3.63, 3.8) is 0 Å². The van der Waals surface area contributed by atoms with Crippen LogP contribution in [0.5, 0.6) is 0 Å². The minimum absolute atomic E-state index is 0.0345. The molecule has 4 nitrogen and oxygen atoms in total. The van der Waals surface area contributed by atoms with E-state index in [1.54, 1.807) is 26.8 Å². The number of rotatable bonds is 6. The van der Waals surface area contributed by atoms with Crippen molar-refractivity contribution in [3.05, 3.63) is 12.7 Å². The SMILES string of the molecule is C=CCOC[C@@H](O)COC(=O)C(C)(C)C. The molecular formula is C11H20O4. The van der Waals surface area contributed by atoms with E-state index >= 15 is 0 Å². The highest BCUT2D eigenvalue weighted by Gasteiger charge is 2.23. The molecule has 0 aliphatic heterocycles. The summed E-state index contributed by atoms with van der Waals surface area (Å²) in [6.45, 7) is 9.24. The van der Waals surface area contributed by atoms with Crippen molar-refractivity contribution in [2.24, 2.45) is 5.41 Å². The predicted octanol–water partition coefficient (Wildman–Crippen LogP) is 1.14. The average Bonchev–Trinajstić information content (AvgIpc) is 2.13. The van der Waals surface area contributed by atoms with E-state index in [0.29, 0.717) is 6.61 Å². The van der Waals surface area contributed by atoms with Crippen LogP contribution in [0.4, 0.5) is 0 Å². The van der Waals surface area contributed by atoms with Crippen molar-refractivity contribution < 1.29 is 19.4 Å². The Balaban J connectivity index is 3.66. The van der Waals surface area contributed by atoms with Crippen LogP contribution in [0.3, 0.4) is 0 Å². The molecule has 0 unspecified atom stereocenters. The molecule has 0 bridgehead atoms. The highest BCUT2D eigenvalue weighted by molar-refractivity contribution is 5.75. The number of carbonyl (C=O) groups excluding carboxylic acids is 1. The van der Waals surface area contributed by atoms with Gasteiger partial charge in [-0.3, -0.25) is 4.79 Å². The largest absolute Gasteiger partial charge is 0.462 e. The Morgan fingerprint density at radius 3 is 2.53 bits per heavy atom. The zero-order chi connectivity index (χ0) is 11.9. The minimum Gasteiger partial charge on any atom is -0.462 e. The van der Waals surface area contributed by atoms with Crippen LogP contribution in [0.2, 0.25) is 0 Å². The Labute approximate surface area is 90.9 Å². The van der Waals surface area contributed by atoms with Crippen LogP contribution in [0.15, 0.2) is 12.7 Å². The van der Waals surface area contributed by atoms with Crippen LogP contribution in [0, 0.1) is 5.41 Å². The third kappa shape index (κ3) is 7.11. The molecule has 0 heterocycles. The summed E-state index contributed by atoms with van der Waals surface area (Å²) in [5.41, 5.74) is -0.540. The zero-order valence-corrected chi connectivity index (χ0v) is 9.66. The normalized spacial score (nSPS) is 13.3. The molecule has 0 aliphatic rings. The number of hydrogen-bond donors (Lipinski definition) is 1. The van der Waals surface area contributed by atoms with Crippen molar-refractivity contribution in [1.29, 1.82) is 0 Å². The number of aliphatic hydroxyl groups is 1. The standard InChI is InChI=1S/C11H20O4/c1-5-6-14-7-9(12)8-15-10(13)11(2,3)4/h5,9,12H,1,6-8H2,2-4H3/t9-/m1/s1. The second kappa shape index (κ2) is 6.58. The van der Waals surface area contributed by atoms with Gasteiger partial charge >= 0.3 is 5.97 Å². The van der Waals surface area contributed by atoms with Gasteiger partial charge < -0.3 is 14.6 Å². The molecule has 0 rings (SSSR count). The van der Waals surface area contributed by atoms with Gasteiger partial charge in [-0.05, 0) is 20.8 Å². The fraction of sp³-hybridized carbons (Fsp3) is 0.727. The molecule has 0 saturated carbocycles. The Morgan fingerprint density at radius 1 is 1.47 bits per heavy atom. The fourth-order valence-corrected chi connectivity index (χ4v) is 0.724. The zero-order valence-electron chi connectivity index (χ0n) is 9.66. The van der Waals surface area contributed by atoms with Gasteiger partial charge in [-0.2, -0.15) is 0 Å². The van der Waals surface area contributed by atoms with Gasteiger partial charge in [0.15, 0.2) is 0 Å². The van der Waals surface area contributed by atoms with E-state index in [9.17, 15) is 9.90 Å². The molecular weight excluding hydrogens is 196 g/mol. The number of carbonyl (C=O) groups is 1. The average molecular weight is 216 g/mol. The maximum atomic E-state index is 11.3. The summed E-state index contributed by atoms with van der Waals surface area (Å²) in [5.74, 6) is -0.328. The Kier molecular flexibility index (Phi) is 6.20. The van der Waals surface area contributed by atoms with E-state index in [-0.39, 0.29) is 19.2 Å². The molecule has 0 fully saturated rings. The molecule has 1 atom stereocenters. The molecule has 0 amide bonds. The quantitative estimate of drug-likeness (QED) is 0.411. The van der Waals surface area contributed by atoms with E-state index in [0.717, 1.165) is 0 Å². The molecule has 0 aromatic rings. The minimum atomic E-state index is -0.781. The maximum Gasteiger partial charge on any atom is 0.311 e. The van der Waals surface area contributed by atoms with Crippen LogP contribution in [-0.4, -0.2) is 37.0 Å². The number of esters is 1. The Bertz CT molecular complexity index is 205. The maximum absolute atomic E-state index is 11.3. The Morgan fingerprint density at radius 2 is 2.07 bits per heavy atom. The third-order valence-corrected chi connectivity index (χ3v) is 1.57. The van der Waals surface area contributed by atoms with Gasteiger partial charge in [-0.1, -0.05) is 6.08 Å². The molecule has 88 valence electrons. The highest BCUT2D eigenvalue weighted by atomic mass is 16.5. The van der Waals surface area contributed by atoms with E-state index in [4.69, 9.17) is 9.47 Å². The summed E-state index contributed by atoms with van der Waals surface area (Å²) in [7, 11) is 0. The van der Waals surface area contributed by atoms with Gasteiger partial charge in [0.1, 0.15) is 12.7 Å². The number of aliphatic hydroxyl groups excluding tert-OH is 1. The first-order chi connectivity index (χ1) is 6.88. The van der Waals surface area contributed by atoms with E-state index in [1.807, 2.05) is 0 Å². The summed E-state index contributed by atoms with van der Waals surface area (Å²) in [6, 6.07) is 0. The molecule has 15 heavy (non-hydrogen) atoms. The van der Waals surface area contributed by atoms with Crippen molar-refractivity contribution in [2.75, 3.05) is 19.8 Å². The lowest BCUT2D eigenvalue weighted by atomic mass is 9.97. The number of hydrogen-bond acceptors (Lipinski definition) is 4. The topological polar surface area (TPSA) is 55.8 Å². The first kappa shape index (κ1) is 14.1. The summed E-state index contributed by atoms with van der Waals surface area (Å²) < 4.78 is 9.91. The van der Waals surface area contributed by atoms with Gasteiger partial charge in [-0.25, -0.2) is 0 Å². The van der Waals surface area contributed by atoms with Crippen molar-refractivity contribution in [1.82, 2.24) is 0 Å². The summed E-state index contributed by atoms with van der Waals surface area (Å²) in [6.07, 6.45) is 0.810. The van der Waals surface area contributed by atoms with Crippen LogP contribution in [0.1, 0.15) is 20.8 Å². The summed E-state index contributed by atoms with van der Waals surface area (Å²) >= 11 is 0. The van der Waals surface area contributed by atoms with Crippen LogP contribution < -0.4 is 0 Å². The molecule has 0 radical (unpaired) electrons. The fourth-order valence-electron chi connectivity index (χ4n) is 0.724. The van der Waals surface area contributed by atoms with Crippen LogP contribution in [-0.2, 0) is 14.3 Å². The second-order valence-electron chi connectivity index (χ2n) is 4.33. The highest BCUT2D eigenvalue weighted by Crippen LogP contribution is 2.15. The summed E-state index contributed by atoms with van der Waals surface area (Å²) in [4.78, 5) is 11.3. The first-order valence-electron chi connectivity index (χ1n) is 4.92. The van der Waals surface area contributed by atoms with Gasteiger partial charge in [0.2, 0.25) is 0 Å². The molecule has 1 N–H and O–H groups in total. The first-order valence-corrected chi connectivity index (χ1v) is 4.92. The monoisotopic (exact) mass is 216 g/mol. The van der Waals surface area contributed by atoms with Gasteiger partial charge in [-0.15, -0.1) is 6.58 Å². The lowest BCUT2D eigenvalue weighted by Gasteiger charge is -2.18. The third-order valence-electron chi connectivity index (χ3n) is 1.57. The lowest BCUT2D eigenvalue weighted by molar-refractivity contribution is -0.156. The smallest absolute Gasteiger partial charge is 0.311 e. The van der Waals surface area contributed by atoms with Crippen molar-refractivity contribution in [2.45, 2.75) is 26.9 Å². The van der Waals surface area contributed by atoms with Gasteiger partial charge in [0, 0.05) is 0 Å². The lowest BCUT2D eigenvalue weighted by Crippen LogP contribution is -2.29. The Hall–Kier alpha value is -0.870. The van der Waals surface area contributed by atoms with Gasteiger partial charge in [0.05, 0.1) is 18.6 Å². The molecule has 0 aromatic carbocycles. The van der Waals surface area contributed by atoms with Gasteiger partial charge in [0.25, 0.3) is 0 Å². The molecule has 0 saturated heterocycles. The second-order valence-corrected chi connectivity index (χ2v) is 4.33. The van der Waals surface area contributed by atoms with Crippen molar-refractivity contribution in [3.8, 4) is 0 Å². The number of ether oxygens (including phenoxy) is 2. The molecule has 4 heteroatoms. The van der Waals surface area contributed by atoms with E-state index < -0.39 is 11.5 Å². The van der Waals surface area contributed by atoms with E-state index in [2.05, 4.69) is 6.58 Å². The molecule has 0 spiro atoms. The van der Waals surface area contributed by atoms with Crippen molar-refractivity contribution >= 4 is 5.97 Å². The summed E-state index contributed by atoms with van der Waals surface area (Å²) in [5, 5.41) is 9.35. The van der Waals surface area contributed by atoms with E-state index in [1.165, 1.54) is 0 Å².